The highest BCUT2D eigenvalue weighted by Crippen LogP contribution is 2.15. The van der Waals surface area contributed by atoms with Crippen molar-refractivity contribution >= 4 is 22.6 Å². The lowest BCUT2D eigenvalue weighted by Crippen LogP contribution is -2.36. The first-order valence-electron chi connectivity index (χ1n) is 5.78. The van der Waals surface area contributed by atoms with E-state index in [2.05, 4.69) is 59.1 Å². The summed E-state index contributed by atoms with van der Waals surface area (Å²) in [6.45, 7) is 2.93. The van der Waals surface area contributed by atoms with Crippen molar-refractivity contribution in [3.8, 4) is 0 Å². The van der Waals surface area contributed by atoms with Crippen molar-refractivity contribution in [2.24, 2.45) is 0 Å². The molecule has 0 radical (unpaired) electrons. The fourth-order valence-electron chi connectivity index (χ4n) is 1.77. The minimum atomic E-state index is 0.181. The third kappa shape index (κ3) is 5.33. The van der Waals surface area contributed by atoms with Crippen molar-refractivity contribution in [2.75, 3.05) is 20.3 Å². The SMILES string of the molecule is COCC(CCO)NC(C)c1ccc(I)cc1. The van der Waals surface area contributed by atoms with Gasteiger partial charge in [-0.05, 0) is 53.6 Å². The van der Waals surface area contributed by atoms with Crippen molar-refractivity contribution in [1.29, 1.82) is 0 Å². The number of halogens is 1. The predicted molar refractivity (Wildman–Crippen MR) is 78.1 cm³/mol. The molecular formula is C13H20INO2. The molecule has 4 heteroatoms. The van der Waals surface area contributed by atoms with E-state index < -0.39 is 0 Å². The molecule has 0 saturated heterocycles. The zero-order chi connectivity index (χ0) is 12.7. The molecule has 2 unspecified atom stereocenters. The average Bonchev–Trinajstić information content (AvgIpc) is 2.30. The molecule has 1 aromatic carbocycles. The van der Waals surface area contributed by atoms with Crippen molar-refractivity contribution in [3.05, 3.63) is 33.4 Å². The van der Waals surface area contributed by atoms with Crippen molar-refractivity contribution in [3.63, 3.8) is 0 Å². The molecule has 1 rings (SSSR count). The summed E-state index contributed by atoms with van der Waals surface area (Å²) in [5.41, 5.74) is 1.25. The first-order chi connectivity index (χ1) is 8.17. The van der Waals surface area contributed by atoms with E-state index in [1.165, 1.54) is 9.13 Å². The lowest BCUT2D eigenvalue weighted by atomic mass is 10.1. The number of aliphatic hydroxyl groups excluding tert-OH is 1. The van der Waals surface area contributed by atoms with Gasteiger partial charge in [0, 0.05) is 29.4 Å². The van der Waals surface area contributed by atoms with E-state index in [4.69, 9.17) is 9.84 Å². The smallest absolute Gasteiger partial charge is 0.0616 e. The van der Waals surface area contributed by atoms with Gasteiger partial charge in [-0.25, -0.2) is 0 Å². The Morgan fingerprint density at radius 1 is 1.35 bits per heavy atom. The third-order valence-electron chi connectivity index (χ3n) is 2.70. The van der Waals surface area contributed by atoms with Gasteiger partial charge in [0.15, 0.2) is 0 Å². The van der Waals surface area contributed by atoms with Crippen LogP contribution < -0.4 is 5.32 Å². The maximum atomic E-state index is 8.99. The monoisotopic (exact) mass is 349 g/mol. The van der Waals surface area contributed by atoms with Crippen LogP contribution >= 0.6 is 22.6 Å². The summed E-state index contributed by atoms with van der Waals surface area (Å²) in [4.78, 5) is 0. The van der Waals surface area contributed by atoms with Crippen LogP contribution in [0.15, 0.2) is 24.3 Å². The lowest BCUT2D eigenvalue weighted by molar-refractivity contribution is 0.143. The molecule has 0 saturated carbocycles. The fraction of sp³-hybridized carbons (Fsp3) is 0.538. The zero-order valence-electron chi connectivity index (χ0n) is 10.3. The molecule has 0 amide bonds. The predicted octanol–water partition coefficient (Wildman–Crippen LogP) is 2.34. The molecule has 0 aliphatic heterocycles. The van der Waals surface area contributed by atoms with Gasteiger partial charge in [0.25, 0.3) is 0 Å². The minimum absolute atomic E-state index is 0.181. The standard InChI is InChI=1S/C13H20INO2/c1-10(11-3-5-12(14)6-4-11)15-13(7-8-16)9-17-2/h3-6,10,13,15-16H,7-9H2,1-2H3. The van der Waals surface area contributed by atoms with E-state index in [-0.39, 0.29) is 18.7 Å². The summed E-state index contributed by atoms with van der Waals surface area (Å²) in [6.07, 6.45) is 0.711. The highest BCUT2D eigenvalue weighted by Gasteiger charge is 2.12. The molecule has 0 bridgehead atoms. The number of hydrogen-bond acceptors (Lipinski definition) is 3. The van der Waals surface area contributed by atoms with Gasteiger partial charge in [-0.1, -0.05) is 12.1 Å². The van der Waals surface area contributed by atoms with Gasteiger partial charge in [-0.15, -0.1) is 0 Å². The van der Waals surface area contributed by atoms with Crippen LogP contribution in [0.25, 0.3) is 0 Å². The largest absolute Gasteiger partial charge is 0.396 e. The number of methoxy groups -OCH3 is 1. The van der Waals surface area contributed by atoms with Crippen LogP contribution in [0.1, 0.15) is 24.9 Å². The van der Waals surface area contributed by atoms with Gasteiger partial charge in [-0.3, -0.25) is 0 Å². The van der Waals surface area contributed by atoms with Gasteiger partial charge in [-0.2, -0.15) is 0 Å². The van der Waals surface area contributed by atoms with E-state index in [0.717, 1.165) is 0 Å². The van der Waals surface area contributed by atoms with Crippen molar-refractivity contribution in [1.82, 2.24) is 5.32 Å². The molecular weight excluding hydrogens is 329 g/mol. The number of aliphatic hydroxyl groups is 1. The Morgan fingerprint density at radius 2 is 2.00 bits per heavy atom. The topological polar surface area (TPSA) is 41.5 Å². The fourth-order valence-corrected chi connectivity index (χ4v) is 2.13. The molecule has 0 spiro atoms. The van der Waals surface area contributed by atoms with E-state index in [1.54, 1.807) is 7.11 Å². The van der Waals surface area contributed by atoms with Crippen LogP contribution in [0.4, 0.5) is 0 Å². The Hall–Kier alpha value is -0.170. The van der Waals surface area contributed by atoms with Gasteiger partial charge < -0.3 is 15.2 Å². The number of rotatable bonds is 7. The molecule has 2 N–H and O–H groups in total. The third-order valence-corrected chi connectivity index (χ3v) is 3.42. The quantitative estimate of drug-likeness (QED) is 0.743. The Bertz CT molecular complexity index is 310. The normalized spacial score (nSPS) is 14.6. The second-order valence-corrected chi connectivity index (χ2v) is 5.35. The summed E-state index contributed by atoms with van der Waals surface area (Å²) in [5, 5.41) is 12.5. The van der Waals surface area contributed by atoms with Gasteiger partial charge in [0.1, 0.15) is 0 Å². The summed E-state index contributed by atoms with van der Waals surface area (Å²) in [5.74, 6) is 0. The van der Waals surface area contributed by atoms with Gasteiger partial charge >= 0.3 is 0 Å². The maximum absolute atomic E-state index is 8.99. The first kappa shape index (κ1) is 14.9. The van der Waals surface area contributed by atoms with Crippen LogP contribution in [0.5, 0.6) is 0 Å². The van der Waals surface area contributed by atoms with Crippen molar-refractivity contribution in [2.45, 2.75) is 25.4 Å². The second-order valence-electron chi connectivity index (χ2n) is 4.10. The Labute approximate surface area is 117 Å². The van der Waals surface area contributed by atoms with E-state index in [9.17, 15) is 0 Å². The molecule has 0 heterocycles. The number of hydrogen-bond donors (Lipinski definition) is 2. The molecule has 17 heavy (non-hydrogen) atoms. The molecule has 0 aromatic heterocycles. The summed E-state index contributed by atoms with van der Waals surface area (Å²) in [6, 6.07) is 8.92. The summed E-state index contributed by atoms with van der Waals surface area (Å²) < 4.78 is 6.38. The first-order valence-corrected chi connectivity index (χ1v) is 6.86. The van der Waals surface area contributed by atoms with Crippen molar-refractivity contribution < 1.29 is 9.84 Å². The molecule has 0 aliphatic carbocycles. The highest BCUT2D eigenvalue weighted by molar-refractivity contribution is 14.1. The lowest BCUT2D eigenvalue weighted by Gasteiger charge is -2.22. The minimum Gasteiger partial charge on any atom is -0.396 e. The Morgan fingerprint density at radius 3 is 2.53 bits per heavy atom. The van der Waals surface area contributed by atoms with E-state index >= 15 is 0 Å². The van der Waals surface area contributed by atoms with E-state index in [1.807, 2.05) is 0 Å². The Kier molecular flexibility index (Phi) is 7.03. The van der Waals surface area contributed by atoms with Crippen LogP contribution in [0.3, 0.4) is 0 Å². The summed E-state index contributed by atoms with van der Waals surface area (Å²) >= 11 is 2.30. The zero-order valence-corrected chi connectivity index (χ0v) is 12.5. The van der Waals surface area contributed by atoms with Crippen LogP contribution in [-0.2, 0) is 4.74 Å². The highest BCUT2D eigenvalue weighted by atomic mass is 127. The van der Waals surface area contributed by atoms with Gasteiger partial charge in [0.05, 0.1) is 6.61 Å². The van der Waals surface area contributed by atoms with Crippen LogP contribution in [0, 0.1) is 3.57 Å². The van der Waals surface area contributed by atoms with Crippen LogP contribution in [0.2, 0.25) is 0 Å². The summed E-state index contributed by atoms with van der Waals surface area (Å²) in [7, 11) is 1.68. The second kappa shape index (κ2) is 8.02. The van der Waals surface area contributed by atoms with Crippen LogP contribution in [-0.4, -0.2) is 31.5 Å². The molecule has 0 aliphatic rings. The number of nitrogens with one attached hydrogen (secondary N) is 1. The molecule has 3 nitrogen and oxygen atoms in total. The molecule has 2 atom stereocenters. The van der Waals surface area contributed by atoms with E-state index in [0.29, 0.717) is 13.0 Å². The Balaban J connectivity index is 2.56. The van der Waals surface area contributed by atoms with Gasteiger partial charge in [0.2, 0.25) is 0 Å². The molecule has 0 fully saturated rings. The maximum Gasteiger partial charge on any atom is 0.0616 e. The number of benzene rings is 1. The average molecular weight is 349 g/mol. The molecule has 96 valence electrons. The molecule has 1 aromatic rings. The number of ether oxygens (including phenoxy) is 1.